The van der Waals surface area contributed by atoms with E-state index in [4.69, 9.17) is 27.9 Å². The van der Waals surface area contributed by atoms with Gasteiger partial charge >= 0.3 is 0 Å². The summed E-state index contributed by atoms with van der Waals surface area (Å²) in [5.74, 6) is -0.339. The van der Waals surface area contributed by atoms with Crippen molar-refractivity contribution in [1.29, 1.82) is 0 Å². The zero-order chi connectivity index (χ0) is 27.8. The lowest BCUT2D eigenvalue weighted by Gasteiger charge is -2.33. The number of carbonyl (C=O) groups is 2. The Morgan fingerprint density at radius 3 is 2.32 bits per heavy atom. The van der Waals surface area contributed by atoms with Crippen molar-refractivity contribution in [3.05, 3.63) is 58.1 Å². The van der Waals surface area contributed by atoms with E-state index in [1.54, 1.807) is 56.3 Å². The number of carbonyl (C=O) groups excluding carboxylic acids is 2. The molecule has 0 aliphatic carbocycles. The van der Waals surface area contributed by atoms with Crippen LogP contribution in [0, 0.1) is 5.92 Å². The fraction of sp³-hybridized carbons (Fsp3) is 0.462. The second-order valence-corrected chi connectivity index (χ2v) is 11.7. The molecule has 204 valence electrons. The van der Waals surface area contributed by atoms with Crippen molar-refractivity contribution in [2.75, 3.05) is 30.3 Å². The lowest BCUT2D eigenvalue weighted by atomic mass is 10.1. The van der Waals surface area contributed by atoms with Crippen molar-refractivity contribution >= 4 is 50.7 Å². The molecule has 2 amide bonds. The van der Waals surface area contributed by atoms with Crippen molar-refractivity contribution in [2.45, 2.75) is 46.7 Å². The summed E-state index contributed by atoms with van der Waals surface area (Å²) in [5, 5.41) is 3.65. The number of anilines is 1. The molecular weight excluding hydrogens is 537 g/mol. The van der Waals surface area contributed by atoms with Gasteiger partial charge in [0.05, 0.1) is 18.6 Å². The first kappa shape index (κ1) is 30.7. The molecule has 0 radical (unpaired) electrons. The summed E-state index contributed by atoms with van der Waals surface area (Å²) in [7, 11) is -3.89. The van der Waals surface area contributed by atoms with Crippen LogP contribution in [0.5, 0.6) is 5.75 Å². The van der Waals surface area contributed by atoms with Gasteiger partial charge < -0.3 is 15.0 Å². The van der Waals surface area contributed by atoms with E-state index in [9.17, 15) is 18.0 Å². The van der Waals surface area contributed by atoms with Crippen LogP contribution in [-0.2, 0) is 26.2 Å². The maximum Gasteiger partial charge on any atom is 0.244 e. The maximum atomic E-state index is 13.8. The van der Waals surface area contributed by atoms with Gasteiger partial charge in [-0.2, -0.15) is 0 Å². The van der Waals surface area contributed by atoms with Gasteiger partial charge in [0, 0.05) is 23.1 Å². The number of ether oxygens (including phenoxy) is 1. The monoisotopic (exact) mass is 571 g/mol. The molecule has 2 rings (SSSR count). The summed E-state index contributed by atoms with van der Waals surface area (Å²) in [6, 6.07) is 10.6. The zero-order valence-corrected chi connectivity index (χ0v) is 24.2. The Labute approximate surface area is 229 Å². The molecule has 1 N–H and O–H groups in total. The van der Waals surface area contributed by atoms with Crippen LogP contribution in [0.2, 0.25) is 10.0 Å². The van der Waals surface area contributed by atoms with Gasteiger partial charge in [-0.05, 0) is 49.1 Å². The highest BCUT2D eigenvalue weighted by atomic mass is 35.5. The van der Waals surface area contributed by atoms with Crippen LogP contribution in [0.15, 0.2) is 42.5 Å². The van der Waals surface area contributed by atoms with Crippen LogP contribution >= 0.6 is 23.2 Å². The third kappa shape index (κ3) is 8.79. The van der Waals surface area contributed by atoms with E-state index in [2.05, 4.69) is 5.32 Å². The number of hydrogen-bond acceptors (Lipinski definition) is 5. The number of halogens is 2. The summed E-state index contributed by atoms with van der Waals surface area (Å²) in [5.41, 5.74) is 0.817. The van der Waals surface area contributed by atoms with Crippen LogP contribution in [0.3, 0.4) is 0 Å². The summed E-state index contributed by atoms with van der Waals surface area (Å²) < 4.78 is 32.3. The normalized spacial score (nSPS) is 12.2. The Bertz CT molecular complexity index is 1190. The number of hydrogen-bond donors (Lipinski definition) is 1. The summed E-state index contributed by atoms with van der Waals surface area (Å²) in [6.07, 6.45) is 1.34. The van der Waals surface area contributed by atoms with E-state index in [1.807, 2.05) is 13.8 Å². The SMILES string of the molecule is CCOc1ccccc1N(CC(=O)N(Cc1ccc(Cl)cc1Cl)[C@@H](CC)C(=O)NCC(C)C)S(C)(=O)=O. The fourth-order valence-corrected chi connectivity index (χ4v) is 5.03. The lowest BCUT2D eigenvalue weighted by molar-refractivity contribution is -0.140. The van der Waals surface area contributed by atoms with Crippen molar-refractivity contribution < 1.29 is 22.7 Å². The highest BCUT2D eigenvalue weighted by Crippen LogP contribution is 2.30. The third-order valence-electron chi connectivity index (χ3n) is 5.54. The highest BCUT2D eigenvalue weighted by molar-refractivity contribution is 7.92. The Kier molecular flexibility index (Phi) is 11.5. The van der Waals surface area contributed by atoms with Gasteiger partial charge in [-0.15, -0.1) is 0 Å². The number of sulfonamides is 1. The number of para-hydroxylation sites is 2. The average molecular weight is 573 g/mol. The van der Waals surface area contributed by atoms with Gasteiger partial charge in [0.25, 0.3) is 0 Å². The molecule has 0 aromatic heterocycles. The Hall–Kier alpha value is -2.49. The van der Waals surface area contributed by atoms with Crippen LogP contribution in [-0.4, -0.2) is 57.1 Å². The smallest absolute Gasteiger partial charge is 0.244 e. The molecule has 0 saturated heterocycles. The Morgan fingerprint density at radius 2 is 1.76 bits per heavy atom. The summed E-state index contributed by atoms with van der Waals surface area (Å²) >= 11 is 12.4. The molecule has 1 atom stereocenters. The Balaban J connectivity index is 2.50. The first-order chi connectivity index (χ1) is 17.4. The number of rotatable bonds is 13. The predicted octanol–water partition coefficient (Wildman–Crippen LogP) is 4.74. The Morgan fingerprint density at radius 1 is 1.08 bits per heavy atom. The second kappa shape index (κ2) is 13.9. The van der Waals surface area contributed by atoms with Gasteiger partial charge in [0.1, 0.15) is 18.3 Å². The molecule has 0 spiro atoms. The zero-order valence-electron chi connectivity index (χ0n) is 21.8. The molecule has 8 nitrogen and oxygen atoms in total. The van der Waals surface area contributed by atoms with Gasteiger partial charge in [0.15, 0.2) is 0 Å². The highest BCUT2D eigenvalue weighted by Gasteiger charge is 2.33. The molecule has 0 aliphatic rings. The van der Waals surface area contributed by atoms with E-state index in [0.717, 1.165) is 10.6 Å². The minimum atomic E-state index is -3.89. The first-order valence-corrected chi connectivity index (χ1v) is 14.7. The number of nitrogens with one attached hydrogen (secondary N) is 1. The van der Waals surface area contributed by atoms with Crippen molar-refractivity contribution in [1.82, 2.24) is 10.2 Å². The average Bonchev–Trinajstić information content (AvgIpc) is 2.82. The molecule has 0 saturated carbocycles. The number of nitrogens with zero attached hydrogens (tertiary/aromatic N) is 2. The minimum Gasteiger partial charge on any atom is -0.492 e. The number of amides is 2. The fourth-order valence-electron chi connectivity index (χ4n) is 3.71. The maximum absolute atomic E-state index is 13.8. The minimum absolute atomic E-state index is 0.00680. The first-order valence-electron chi connectivity index (χ1n) is 12.1. The molecular formula is C26H35Cl2N3O5S. The van der Waals surface area contributed by atoms with E-state index in [1.165, 1.54) is 4.90 Å². The molecule has 37 heavy (non-hydrogen) atoms. The molecule has 0 unspecified atom stereocenters. The largest absolute Gasteiger partial charge is 0.492 e. The van der Waals surface area contributed by atoms with Crippen molar-refractivity contribution in [2.24, 2.45) is 5.92 Å². The topological polar surface area (TPSA) is 96.0 Å². The lowest BCUT2D eigenvalue weighted by Crippen LogP contribution is -2.52. The molecule has 0 aliphatic heterocycles. The van der Waals surface area contributed by atoms with Gasteiger partial charge in [-0.3, -0.25) is 13.9 Å². The molecule has 0 bridgehead atoms. The van der Waals surface area contributed by atoms with E-state index >= 15 is 0 Å². The molecule has 2 aromatic carbocycles. The van der Waals surface area contributed by atoms with E-state index < -0.39 is 28.5 Å². The van der Waals surface area contributed by atoms with Gasteiger partial charge in [0.2, 0.25) is 21.8 Å². The summed E-state index contributed by atoms with van der Waals surface area (Å²) in [6.45, 7) is 7.74. The van der Waals surface area contributed by atoms with Gasteiger partial charge in [-0.25, -0.2) is 8.42 Å². The van der Waals surface area contributed by atoms with Gasteiger partial charge in [-0.1, -0.05) is 62.2 Å². The molecule has 0 heterocycles. The van der Waals surface area contributed by atoms with E-state index in [-0.39, 0.29) is 24.1 Å². The standard InChI is InChI=1S/C26H35Cl2N3O5S/c1-6-22(26(33)29-15-18(3)4)30(16-19-12-13-20(27)14-21(19)28)25(32)17-31(37(5,34)35)23-10-8-9-11-24(23)36-7-2/h8-14,18,22H,6-7,15-17H2,1-5H3,(H,29,33)/t22-/m0/s1. The quantitative estimate of drug-likeness (QED) is 0.374. The van der Waals surface area contributed by atoms with Crippen LogP contribution in [0.4, 0.5) is 5.69 Å². The number of benzene rings is 2. The van der Waals surface area contributed by atoms with Crippen LogP contribution < -0.4 is 14.4 Å². The van der Waals surface area contributed by atoms with Crippen LogP contribution in [0.1, 0.15) is 39.7 Å². The second-order valence-electron chi connectivity index (χ2n) is 8.99. The summed E-state index contributed by atoms with van der Waals surface area (Å²) in [4.78, 5) is 28.3. The molecule has 2 aromatic rings. The van der Waals surface area contributed by atoms with Crippen molar-refractivity contribution in [3.8, 4) is 5.75 Å². The molecule has 0 fully saturated rings. The van der Waals surface area contributed by atoms with Crippen LogP contribution in [0.25, 0.3) is 0 Å². The van der Waals surface area contributed by atoms with Crippen molar-refractivity contribution in [3.63, 3.8) is 0 Å². The van der Waals surface area contributed by atoms with E-state index in [0.29, 0.717) is 40.9 Å². The predicted molar refractivity (Wildman–Crippen MR) is 149 cm³/mol. The third-order valence-corrected chi connectivity index (χ3v) is 7.25. The molecule has 11 heteroatoms.